The van der Waals surface area contributed by atoms with Gasteiger partial charge in [0, 0.05) is 25.5 Å². The van der Waals surface area contributed by atoms with E-state index in [2.05, 4.69) is 22.9 Å². The van der Waals surface area contributed by atoms with Crippen molar-refractivity contribution in [1.82, 2.24) is 9.88 Å². The molecular formula is C12H20N2. The Morgan fingerprint density at radius 2 is 2.14 bits per heavy atom. The minimum atomic E-state index is 1.11. The Labute approximate surface area is 87.0 Å². The lowest BCUT2D eigenvalue weighted by Crippen LogP contribution is -2.30. The molecule has 0 radical (unpaired) electrons. The van der Waals surface area contributed by atoms with E-state index in [9.17, 15) is 0 Å². The molecule has 2 heterocycles. The summed E-state index contributed by atoms with van der Waals surface area (Å²) >= 11 is 0. The van der Waals surface area contributed by atoms with E-state index >= 15 is 0 Å². The third-order valence-corrected chi connectivity index (χ3v) is 2.54. The summed E-state index contributed by atoms with van der Waals surface area (Å²) < 4.78 is 0. The predicted molar refractivity (Wildman–Crippen MR) is 60.2 cm³/mol. The van der Waals surface area contributed by atoms with Crippen LogP contribution >= 0.6 is 0 Å². The third-order valence-electron chi connectivity index (χ3n) is 2.54. The Balaban J connectivity index is 0.000000461. The lowest BCUT2D eigenvalue weighted by atomic mass is 10.0. The number of hydrogen-bond donors (Lipinski definition) is 0. The highest BCUT2D eigenvalue weighted by Crippen LogP contribution is 2.16. The Bertz CT molecular complexity index is 271. The average molecular weight is 192 g/mol. The van der Waals surface area contributed by atoms with Crippen molar-refractivity contribution in [3.8, 4) is 0 Å². The summed E-state index contributed by atoms with van der Waals surface area (Å²) in [5.41, 5.74) is 2.89. The lowest BCUT2D eigenvalue weighted by molar-refractivity contribution is 0.268. The minimum Gasteiger partial charge on any atom is -0.299 e. The molecule has 0 atom stereocenters. The summed E-state index contributed by atoms with van der Waals surface area (Å²) in [6.07, 6.45) is 5.05. The number of aromatic nitrogens is 1. The van der Waals surface area contributed by atoms with Crippen LogP contribution in [0.1, 0.15) is 31.9 Å². The maximum absolute atomic E-state index is 4.13. The van der Waals surface area contributed by atoms with Crippen molar-refractivity contribution in [2.24, 2.45) is 0 Å². The monoisotopic (exact) mass is 192 g/mol. The summed E-state index contributed by atoms with van der Waals surface area (Å²) in [4.78, 5) is 6.59. The molecule has 0 saturated heterocycles. The maximum Gasteiger partial charge on any atom is 0.0303 e. The molecule has 0 saturated carbocycles. The first kappa shape index (κ1) is 11.2. The van der Waals surface area contributed by atoms with E-state index in [1.54, 1.807) is 0 Å². The predicted octanol–water partition coefficient (Wildman–Crippen LogP) is 2.49. The van der Waals surface area contributed by atoms with Crippen LogP contribution in [0, 0.1) is 0 Å². The Morgan fingerprint density at radius 3 is 2.86 bits per heavy atom. The molecule has 0 bridgehead atoms. The number of pyridine rings is 1. The number of likely N-dealkylation sites (N-methyl/N-ethyl adjacent to an activating group) is 1. The molecule has 78 valence electrons. The van der Waals surface area contributed by atoms with Gasteiger partial charge in [-0.1, -0.05) is 20.8 Å². The fraction of sp³-hybridized carbons (Fsp3) is 0.583. The first-order chi connectivity index (χ1) is 6.90. The highest BCUT2D eigenvalue weighted by atomic mass is 15.1. The topological polar surface area (TPSA) is 16.1 Å². The second-order valence-corrected chi connectivity index (χ2v) is 3.26. The van der Waals surface area contributed by atoms with Gasteiger partial charge >= 0.3 is 0 Å². The van der Waals surface area contributed by atoms with Crippen LogP contribution in [0.2, 0.25) is 0 Å². The van der Waals surface area contributed by atoms with Crippen molar-refractivity contribution in [1.29, 1.82) is 0 Å². The molecule has 2 heteroatoms. The van der Waals surface area contributed by atoms with Gasteiger partial charge in [-0.2, -0.15) is 0 Å². The van der Waals surface area contributed by atoms with Crippen LogP contribution in [-0.2, 0) is 13.0 Å². The lowest BCUT2D eigenvalue weighted by Gasteiger charge is -2.26. The molecule has 1 aliphatic heterocycles. The van der Waals surface area contributed by atoms with Crippen molar-refractivity contribution < 1.29 is 0 Å². The fourth-order valence-electron chi connectivity index (χ4n) is 1.70. The van der Waals surface area contributed by atoms with Crippen LogP contribution in [0.5, 0.6) is 0 Å². The van der Waals surface area contributed by atoms with Crippen LogP contribution in [0.15, 0.2) is 18.5 Å². The zero-order valence-electron chi connectivity index (χ0n) is 9.45. The summed E-state index contributed by atoms with van der Waals surface area (Å²) in [6, 6.07) is 2.14. The quantitative estimate of drug-likeness (QED) is 0.679. The van der Waals surface area contributed by atoms with Gasteiger partial charge in [-0.05, 0) is 30.2 Å². The zero-order valence-corrected chi connectivity index (χ0v) is 9.45. The van der Waals surface area contributed by atoms with E-state index in [0.717, 1.165) is 19.5 Å². The molecule has 1 aromatic rings. The molecule has 1 aromatic heterocycles. The molecule has 14 heavy (non-hydrogen) atoms. The van der Waals surface area contributed by atoms with E-state index in [0.29, 0.717) is 0 Å². The summed E-state index contributed by atoms with van der Waals surface area (Å²) in [5, 5.41) is 0. The summed E-state index contributed by atoms with van der Waals surface area (Å²) in [5.74, 6) is 0. The van der Waals surface area contributed by atoms with Crippen molar-refractivity contribution >= 4 is 0 Å². The van der Waals surface area contributed by atoms with Gasteiger partial charge in [0.2, 0.25) is 0 Å². The average Bonchev–Trinajstić information content (AvgIpc) is 2.31. The van der Waals surface area contributed by atoms with Crippen molar-refractivity contribution in [2.75, 3.05) is 13.1 Å². The molecular weight excluding hydrogens is 172 g/mol. The van der Waals surface area contributed by atoms with E-state index in [1.165, 1.54) is 17.7 Å². The molecule has 0 fully saturated rings. The molecule has 0 spiro atoms. The van der Waals surface area contributed by atoms with Gasteiger partial charge < -0.3 is 0 Å². The van der Waals surface area contributed by atoms with E-state index in [4.69, 9.17) is 0 Å². The highest BCUT2D eigenvalue weighted by molar-refractivity contribution is 5.25. The first-order valence-electron chi connectivity index (χ1n) is 5.54. The Morgan fingerprint density at radius 1 is 1.36 bits per heavy atom. The number of nitrogens with zero attached hydrogens (tertiary/aromatic N) is 2. The van der Waals surface area contributed by atoms with Crippen LogP contribution < -0.4 is 0 Å². The van der Waals surface area contributed by atoms with E-state index in [-0.39, 0.29) is 0 Å². The van der Waals surface area contributed by atoms with Gasteiger partial charge in [0.1, 0.15) is 0 Å². The minimum absolute atomic E-state index is 1.11. The van der Waals surface area contributed by atoms with Crippen LogP contribution in [0.25, 0.3) is 0 Å². The van der Waals surface area contributed by atoms with Crippen molar-refractivity contribution in [2.45, 2.75) is 33.7 Å². The van der Waals surface area contributed by atoms with Crippen LogP contribution in [0.3, 0.4) is 0 Å². The second kappa shape index (κ2) is 5.76. The van der Waals surface area contributed by atoms with Gasteiger partial charge in [0.25, 0.3) is 0 Å². The van der Waals surface area contributed by atoms with Gasteiger partial charge in [-0.25, -0.2) is 0 Å². The van der Waals surface area contributed by atoms with Crippen molar-refractivity contribution in [3.63, 3.8) is 0 Å². The Kier molecular flexibility index (Phi) is 4.60. The van der Waals surface area contributed by atoms with Crippen molar-refractivity contribution in [3.05, 3.63) is 29.6 Å². The van der Waals surface area contributed by atoms with Crippen LogP contribution in [-0.4, -0.2) is 23.0 Å². The van der Waals surface area contributed by atoms with Gasteiger partial charge in [-0.15, -0.1) is 0 Å². The van der Waals surface area contributed by atoms with E-state index in [1.807, 2.05) is 26.2 Å². The molecule has 0 amide bonds. The molecule has 2 nitrogen and oxygen atoms in total. The molecule has 0 aromatic carbocycles. The normalized spacial score (nSPS) is 15.4. The summed E-state index contributed by atoms with van der Waals surface area (Å²) in [7, 11) is 0. The Hall–Kier alpha value is -0.890. The molecule has 0 N–H and O–H groups in total. The van der Waals surface area contributed by atoms with Crippen LogP contribution in [0.4, 0.5) is 0 Å². The molecule has 0 aliphatic carbocycles. The second-order valence-electron chi connectivity index (χ2n) is 3.26. The number of rotatable bonds is 1. The van der Waals surface area contributed by atoms with E-state index < -0.39 is 0 Å². The number of fused-ring (bicyclic) bond motifs is 1. The van der Waals surface area contributed by atoms with Gasteiger partial charge in [-0.3, -0.25) is 9.88 Å². The summed E-state index contributed by atoms with van der Waals surface area (Å²) in [6.45, 7) is 9.66. The largest absolute Gasteiger partial charge is 0.299 e. The molecule has 0 unspecified atom stereocenters. The highest BCUT2D eigenvalue weighted by Gasteiger charge is 2.13. The fourth-order valence-corrected chi connectivity index (χ4v) is 1.70. The number of hydrogen-bond acceptors (Lipinski definition) is 2. The zero-order chi connectivity index (χ0) is 10.4. The smallest absolute Gasteiger partial charge is 0.0303 e. The third kappa shape index (κ3) is 2.55. The molecule has 1 aliphatic rings. The maximum atomic E-state index is 4.13. The first-order valence-corrected chi connectivity index (χ1v) is 5.54. The van der Waals surface area contributed by atoms with Gasteiger partial charge in [0.15, 0.2) is 0 Å². The standard InChI is InChI=1S/C10H14N2.C2H6/c1-2-12-6-4-9-7-11-5-3-10(9)8-12;1-2/h3,5,7H,2,4,6,8H2,1H3;1-2H3. The molecule has 2 rings (SSSR count). The van der Waals surface area contributed by atoms with Gasteiger partial charge in [0.05, 0.1) is 0 Å². The SMILES string of the molecule is CC.CCN1CCc2cnccc2C1.